The van der Waals surface area contributed by atoms with Gasteiger partial charge in [-0.2, -0.15) is 5.26 Å². The number of aliphatic carboxylic acids is 1. The predicted molar refractivity (Wildman–Crippen MR) is 36.2 cm³/mol. The third-order valence-corrected chi connectivity index (χ3v) is 0.995. The van der Waals surface area contributed by atoms with Crippen LogP contribution in [-0.4, -0.2) is 11.1 Å². The van der Waals surface area contributed by atoms with E-state index in [1.807, 2.05) is 6.92 Å². The molecule has 1 N–H and O–H groups in total. The van der Waals surface area contributed by atoms with Crippen molar-refractivity contribution in [2.24, 2.45) is 0 Å². The second-order valence-corrected chi connectivity index (χ2v) is 1.78. The predicted octanol–water partition coefficient (Wildman–Crippen LogP) is 1.32. The smallest absolute Gasteiger partial charge is 0.332 e. The minimum atomic E-state index is -0.997. The molecular weight excluding hydrogens is 130 g/mol. The number of hydrogen-bond donors (Lipinski definition) is 1. The lowest BCUT2D eigenvalue weighted by molar-refractivity contribution is -0.132. The summed E-state index contributed by atoms with van der Waals surface area (Å²) in [5.41, 5.74) is 0.185. The van der Waals surface area contributed by atoms with Gasteiger partial charge in [-0.15, -0.1) is 0 Å². The van der Waals surface area contributed by atoms with Gasteiger partial charge in [0.1, 0.15) is 0 Å². The van der Waals surface area contributed by atoms with Gasteiger partial charge in [-0.3, -0.25) is 0 Å². The summed E-state index contributed by atoms with van der Waals surface area (Å²) in [6.07, 6.45) is 2.19. The Morgan fingerprint density at radius 3 is 2.70 bits per heavy atom. The molecule has 10 heavy (non-hydrogen) atoms. The number of rotatable bonds is 3. The molecule has 0 fully saturated rings. The van der Waals surface area contributed by atoms with Crippen molar-refractivity contribution in [2.75, 3.05) is 0 Å². The Balaban J connectivity index is 4.15. The largest absolute Gasteiger partial charge is 0.478 e. The summed E-state index contributed by atoms with van der Waals surface area (Å²) in [7, 11) is 0. The molecule has 0 atom stereocenters. The second kappa shape index (κ2) is 4.57. The van der Waals surface area contributed by atoms with Crippen molar-refractivity contribution in [3.63, 3.8) is 0 Å². The van der Waals surface area contributed by atoms with Crippen molar-refractivity contribution < 1.29 is 9.90 Å². The Labute approximate surface area is 59.6 Å². The van der Waals surface area contributed by atoms with Crippen LogP contribution in [0.1, 0.15) is 19.8 Å². The summed E-state index contributed by atoms with van der Waals surface area (Å²) in [6.45, 7) is 1.83. The van der Waals surface area contributed by atoms with Crippen molar-refractivity contribution in [1.82, 2.24) is 0 Å². The molecule has 0 aromatic carbocycles. The normalized spacial score (nSPS) is 10.6. The molecule has 0 bridgehead atoms. The van der Waals surface area contributed by atoms with Crippen LogP contribution in [0, 0.1) is 11.3 Å². The number of carboxylic acids is 1. The van der Waals surface area contributed by atoms with Gasteiger partial charge in [-0.25, -0.2) is 4.79 Å². The van der Waals surface area contributed by atoms with Crippen molar-refractivity contribution in [1.29, 1.82) is 5.26 Å². The highest BCUT2D eigenvalue weighted by atomic mass is 16.4. The van der Waals surface area contributed by atoms with Gasteiger partial charge >= 0.3 is 5.97 Å². The molecular formula is C7H9NO2. The summed E-state index contributed by atoms with van der Waals surface area (Å²) in [6, 6.07) is 1.78. The summed E-state index contributed by atoms with van der Waals surface area (Å²) in [4.78, 5) is 10.3. The van der Waals surface area contributed by atoms with Gasteiger partial charge in [0.15, 0.2) is 0 Å². The topological polar surface area (TPSA) is 61.1 Å². The third kappa shape index (κ3) is 2.88. The lowest BCUT2D eigenvalue weighted by atomic mass is 10.2. The van der Waals surface area contributed by atoms with E-state index in [4.69, 9.17) is 10.4 Å². The van der Waals surface area contributed by atoms with Gasteiger partial charge in [0.25, 0.3) is 0 Å². The summed E-state index contributed by atoms with van der Waals surface area (Å²) >= 11 is 0. The summed E-state index contributed by atoms with van der Waals surface area (Å²) in [5.74, 6) is -0.997. The van der Waals surface area contributed by atoms with Crippen LogP contribution in [0.15, 0.2) is 11.6 Å². The molecule has 3 heteroatoms. The molecule has 54 valence electrons. The minimum Gasteiger partial charge on any atom is -0.478 e. The molecule has 0 saturated heterocycles. The fraction of sp³-hybridized carbons (Fsp3) is 0.429. The van der Waals surface area contributed by atoms with E-state index in [9.17, 15) is 4.79 Å². The van der Waals surface area contributed by atoms with Crippen molar-refractivity contribution in [2.45, 2.75) is 19.8 Å². The van der Waals surface area contributed by atoms with Crippen molar-refractivity contribution in [3.05, 3.63) is 11.6 Å². The minimum absolute atomic E-state index is 0.0107. The van der Waals surface area contributed by atoms with E-state index in [1.54, 1.807) is 12.1 Å². The van der Waals surface area contributed by atoms with Gasteiger partial charge in [-0.05, 0) is 6.42 Å². The molecule has 0 aliphatic heterocycles. The Morgan fingerprint density at radius 1 is 1.80 bits per heavy atom. The highest BCUT2D eigenvalue weighted by Gasteiger charge is 2.03. The Kier molecular flexibility index (Phi) is 3.97. The van der Waals surface area contributed by atoms with Crippen LogP contribution in [0.5, 0.6) is 0 Å². The van der Waals surface area contributed by atoms with Crippen LogP contribution in [0.2, 0.25) is 0 Å². The number of nitriles is 1. The molecule has 0 rings (SSSR count). The molecule has 0 aliphatic rings. The Morgan fingerprint density at radius 2 is 2.40 bits per heavy atom. The van der Waals surface area contributed by atoms with Gasteiger partial charge < -0.3 is 5.11 Å². The maximum Gasteiger partial charge on any atom is 0.332 e. The van der Waals surface area contributed by atoms with E-state index in [-0.39, 0.29) is 12.0 Å². The first-order valence-electron chi connectivity index (χ1n) is 3.01. The number of nitrogens with zero attached hydrogens (tertiary/aromatic N) is 1. The van der Waals surface area contributed by atoms with E-state index < -0.39 is 5.97 Å². The van der Waals surface area contributed by atoms with E-state index in [2.05, 4.69) is 0 Å². The summed E-state index contributed by atoms with van der Waals surface area (Å²) in [5, 5.41) is 16.6. The fourth-order valence-corrected chi connectivity index (χ4v) is 0.567. The van der Waals surface area contributed by atoms with Crippen molar-refractivity contribution >= 4 is 5.97 Å². The highest BCUT2D eigenvalue weighted by molar-refractivity contribution is 5.86. The van der Waals surface area contributed by atoms with Gasteiger partial charge in [0.2, 0.25) is 0 Å². The SMILES string of the molecule is CCC=C(CC#N)C(=O)O. The molecule has 0 aliphatic carbocycles. The van der Waals surface area contributed by atoms with Crippen molar-refractivity contribution in [3.8, 4) is 6.07 Å². The van der Waals surface area contributed by atoms with Crippen LogP contribution in [0.3, 0.4) is 0 Å². The molecule has 0 amide bonds. The standard InChI is InChI=1S/C7H9NO2/c1-2-3-6(4-5-8)7(9)10/h3H,2,4H2,1H3,(H,9,10). The zero-order valence-electron chi connectivity index (χ0n) is 5.79. The molecule has 0 aromatic rings. The van der Waals surface area contributed by atoms with Crippen LogP contribution in [0.25, 0.3) is 0 Å². The monoisotopic (exact) mass is 139 g/mol. The van der Waals surface area contributed by atoms with Crippen LogP contribution >= 0.6 is 0 Å². The Bertz CT molecular complexity index is 188. The molecule has 3 nitrogen and oxygen atoms in total. The van der Waals surface area contributed by atoms with Crippen LogP contribution < -0.4 is 0 Å². The van der Waals surface area contributed by atoms with E-state index in [0.29, 0.717) is 6.42 Å². The van der Waals surface area contributed by atoms with Gasteiger partial charge in [0, 0.05) is 5.57 Å². The number of carboxylic acid groups (broad SMARTS) is 1. The second-order valence-electron chi connectivity index (χ2n) is 1.78. The zero-order valence-corrected chi connectivity index (χ0v) is 5.79. The zero-order chi connectivity index (χ0) is 7.98. The lowest BCUT2D eigenvalue weighted by Crippen LogP contribution is -1.98. The lowest BCUT2D eigenvalue weighted by Gasteiger charge is -1.91. The third-order valence-electron chi connectivity index (χ3n) is 0.995. The number of hydrogen-bond acceptors (Lipinski definition) is 2. The van der Waals surface area contributed by atoms with E-state index >= 15 is 0 Å². The number of carbonyl (C=O) groups is 1. The van der Waals surface area contributed by atoms with Gasteiger partial charge in [-0.1, -0.05) is 13.0 Å². The first-order valence-corrected chi connectivity index (χ1v) is 3.01. The first kappa shape index (κ1) is 8.70. The van der Waals surface area contributed by atoms with Gasteiger partial charge in [0.05, 0.1) is 12.5 Å². The fourth-order valence-electron chi connectivity index (χ4n) is 0.567. The quantitative estimate of drug-likeness (QED) is 0.600. The molecule has 0 unspecified atom stereocenters. The molecule has 0 spiro atoms. The summed E-state index contributed by atoms with van der Waals surface area (Å²) < 4.78 is 0. The maximum atomic E-state index is 10.3. The Hall–Kier alpha value is -1.30. The molecule has 0 heterocycles. The van der Waals surface area contributed by atoms with Crippen LogP contribution in [-0.2, 0) is 4.79 Å². The highest BCUT2D eigenvalue weighted by Crippen LogP contribution is 2.00. The average molecular weight is 139 g/mol. The average Bonchev–Trinajstić information content (AvgIpc) is 1.87. The first-order chi connectivity index (χ1) is 4.72. The van der Waals surface area contributed by atoms with Crippen LogP contribution in [0.4, 0.5) is 0 Å². The number of allylic oxidation sites excluding steroid dienone is 1. The molecule has 0 saturated carbocycles. The van der Waals surface area contributed by atoms with E-state index in [0.717, 1.165) is 0 Å². The maximum absolute atomic E-state index is 10.3. The molecule has 0 radical (unpaired) electrons. The molecule has 0 aromatic heterocycles. The van der Waals surface area contributed by atoms with E-state index in [1.165, 1.54) is 0 Å².